The molecule has 0 unspecified atom stereocenters. The number of nitrogens with one attached hydrogen (secondary N) is 2. The molecule has 1 aromatic heterocycles. The van der Waals surface area contributed by atoms with Gasteiger partial charge in [0.15, 0.2) is 0 Å². The molecule has 0 bridgehead atoms. The van der Waals surface area contributed by atoms with Crippen LogP contribution in [0.15, 0.2) is 34.8 Å². The summed E-state index contributed by atoms with van der Waals surface area (Å²) in [5.74, 6) is 0. The first-order chi connectivity index (χ1) is 8.38. The van der Waals surface area contributed by atoms with Crippen LogP contribution in [0.5, 0.6) is 0 Å². The molecule has 0 amide bonds. The van der Waals surface area contributed by atoms with Gasteiger partial charge in [0, 0.05) is 0 Å². The molecule has 0 aromatic carbocycles. The maximum atomic E-state index is 12.3. The van der Waals surface area contributed by atoms with E-state index >= 15 is 0 Å². The third-order valence-corrected chi connectivity index (χ3v) is 2.11. The van der Waals surface area contributed by atoms with Gasteiger partial charge in [0.1, 0.15) is 5.69 Å². The molecule has 0 aliphatic carbocycles. The molecule has 0 saturated carbocycles. The van der Waals surface area contributed by atoms with E-state index < -0.39 is 18.5 Å². The van der Waals surface area contributed by atoms with Crippen LogP contribution >= 0.6 is 0 Å². The molecule has 0 aliphatic rings. The lowest BCUT2D eigenvalue weighted by Crippen LogP contribution is -2.09. The predicted molar refractivity (Wildman–Crippen MR) is 57.8 cm³/mol. The number of allylic oxidation sites excluding steroid dienone is 1. The SMILES string of the molecule is C/C(N=N)=C(\CO)Nc1ccc(C(F)(F)F)nc1. The van der Waals surface area contributed by atoms with E-state index in [9.17, 15) is 13.2 Å². The summed E-state index contributed by atoms with van der Waals surface area (Å²) in [6.07, 6.45) is -3.49. The minimum atomic E-state index is -4.49. The molecule has 1 heterocycles. The quantitative estimate of drug-likeness (QED) is 0.728. The first-order valence-corrected chi connectivity index (χ1v) is 4.87. The maximum absolute atomic E-state index is 12.3. The van der Waals surface area contributed by atoms with Crippen LogP contribution in [-0.2, 0) is 6.18 Å². The minimum Gasteiger partial charge on any atom is -0.390 e. The first kappa shape index (κ1) is 14.1. The van der Waals surface area contributed by atoms with Crippen molar-refractivity contribution >= 4 is 5.69 Å². The lowest BCUT2D eigenvalue weighted by molar-refractivity contribution is -0.141. The second-order valence-electron chi connectivity index (χ2n) is 3.39. The highest BCUT2D eigenvalue weighted by molar-refractivity contribution is 5.47. The molecule has 0 spiro atoms. The fraction of sp³-hybridized carbons (Fsp3) is 0.300. The van der Waals surface area contributed by atoms with Gasteiger partial charge in [-0.25, -0.2) is 10.5 Å². The zero-order chi connectivity index (χ0) is 13.8. The number of alkyl halides is 3. The molecule has 1 rings (SSSR count). The zero-order valence-corrected chi connectivity index (χ0v) is 9.41. The third-order valence-electron chi connectivity index (χ3n) is 2.11. The molecule has 98 valence electrons. The molecule has 8 heteroatoms. The Morgan fingerprint density at radius 2 is 2.17 bits per heavy atom. The highest BCUT2D eigenvalue weighted by Crippen LogP contribution is 2.28. The number of nitrogens with zero attached hydrogens (tertiary/aromatic N) is 2. The van der Waals surface area contributed by atoms with Crippen LogP contribution in [0, 0.1) is 5.53 Å². The molecule has 0 fully saturated rings. The number of hydrogen-bond donors (Lipinski definition) is 3. The topological polar surface area (TPSA) is 81.4 Å². The summed E-state index contributed by atoms with van der Waals surface area (Å²) < 4.78 is 36.8. The fourth-order valence-electron chi connectivity index (χ4n) is 1.12. The number of rotatable bonds is 4. The largest absolute Gasteiger partial charge is 0.433 e. The molecular weight excluding hydrogens is 249 g/mol. The van der Waals surface area contributed by atoms with Gasteiger partial charge in [-0.2, -0.15) is 18.3 Å². The average Bonchev–Trinajstić information content (AvgIpc) is 2.34. The Balaban J connectivity index is 2.91. The van der Waals surface area contributed by atoms with Gasteiger partial charge in [-0.15, -0.1) is 0 Å². The van der Waals surface area contributed by atoms with Crippen molar-refractivity contribution in [3.8, 4) is 0 Å². The van der Waals surface area contributed by atoms with Gasteiger partial charge in [0.2, 0.25) is 0 Å². The van der Waals surface area contributed by atoms with Gasteiger partial charge in [0.25, 0.3) is 0 Å². The molecule has 1 aromatic rings. The lowest BCUT2D eigenvalue weighted by atomic mass is 10.3. The maximum Gasteiger partial charge on any atom is 0.433 e. The number of pyridine rings is 1. The minimum absolute atomic E-state index is 0.228. The van der Waals surface area contributed by atoms with Gasteiger partial charge < -0.3 is 10.4 Å². The second-order valence-corrected chi connectivity index (χ2v) is 3.39. The van der Waals surface area contributed by atoms with Crippen LogP contribution in [-0.4, -0.2) is 16.7 Å². The van der Waals surface area contributed by atoms with E-state index in [0.717, 1.165) is 12.3 Å². The van der Waals surface area contributed by atoms with Gasteiger partial charge >= 0.3 is 6.18 Å². The van der Waals surface area contributed by atoms with E-state index in [4.69, 9.17) is 10.6 Å². The average molecular weight is 260 g/mol. The number of anilines is 1. The summed E-state index contributed by atoms with van der Waals surface area (Å²) in [6.45, 7) is 1.08. The summed E-state index contributed by atoms with van der Waals surface area (Å²) in [6, 6.07) is 2.01. The molecule has 3 N–H and O–H groups in total. The van der Waals surface area contributed by atoms with E-state index in [2.05, 4.69) is 15.4 Å². The van der Waals surface area contributed by atoms with Crippen LogP contribution in [0.1, 0.15) is 12.6 Å². The van der Waals surface area contributed by atoms with E-state index in [-0.39, 0.29) is 17.1 Å². The van der Waals surface area contributed by atoms with Gasteiger partial charge in [-0.3, -0.25) is 0 Å². The standard InChI is InChI=1S/C10H11F3N4O/c1-6(17-14)8(5-18)16-7-2-3-9(15-4-7)10(11,12)13/h2-4,14,16,18H,5H2,1H3/b8-6-,17-14?. The van der Waals surface area contributed by atoms with Crippen LogP contribution in [0.3, 0.4) is 0 Å². The highest BCUT2D eigenvalue weighted by atomic mass is 19.4. The molecule has 5 nitrogen and oxygen atoms in total. The number of hydrogen-bond acceptors (Lipinski definition) is 5. The van der Waals surface area contributed by atoms with E-state index in [0.29, 0.717) is 0 Å². The Kier molecular flexibility index (Phi) is 4.38. The number of aromatic nitrogens is 1. The summed E-state index contributed by atoms with van der Waals surface area (Å²) in [5.41, 5.74) is 6.52. The number of halogens is 3. The Morgan fingerprint density at radius 3 is 2.56 bits per heavy atom. The Morgan fingerprint density at radius 1 is 1.50 bits per heavy atom. The van der Waals surface area contributed by atoms with E-state index in [1.165, 1.54) is 13.0 Å². The van der Waals surface area contributed by atoms with Gasteiger partial charge in [-0.05, 0) is 19.1 Å². The number of aliphatic hydroxyl groups excluding tert-OH is 1. The van der Waals surface area contributed by atoms with Crippen LogP contribution < -0.4 is 5.32 Å². The molecule has 0 aliphatic heterocycles. The molecule has 0 atom stereocenters. The van der Waals surface area contributed by atoms with Gasteiger partial charge in [0.05, 0.1) is 29.9 Å². The van der Waals surface area contributed by atoms with Crippen molar-refractivity contribution in [1.29, 1.82) is 5.53 Å². The zero-order valence-electron chi connectivity index (χ0n) is 9.41. The van der Waals surface area contributed by atoms with Crippen LogP contribution in [0.2, 0.25) is 0 Å². The Bertz CT molecular complexity index is 453. The summed E-state index contributed by atoms with van der Waals surface area (Å²) in [5, 5.41) is 14.8. The normalized spacial score (nSPS) is 12.9. The second kappa shape index (κ2) is 5.58. The van der Waals surface area contributed by atoms with E-state index in [1.54, 1.807) is 0 Å². The monoisotopic (exact) mass is 260 g/mol. The smallest absolute Gasteiger partial charge is 0.390 e. The lowest BCUT2D eigenvalue weighted by Gasteiger charge is -2.10. The molecule has 0 saturated heterocycles. The summed E-state index contributed by atoms with van der Waals surface area (Å²) in [7, 11) is 0. The van der Waals surface area contributed by atoms with Crippen molar-refractivity contribution in [2.24, 2.45) is 5.11 Å². The van der Waals surface area contributed by atoms with Crippen molar-refractivity contribution in [3.63, 3.8) is 0 Å². The highest BCUT2D eigenvalue weighted by Gasteiger charge is 2.32. The van der Waals surface area contributed by atoms with Crippen molar-refractivity contribution in [3.05, 3.63) is 35.4 Å². The van der Waals surface area contributed by atoms with Gasteiger partial charge in [-0.1, -0.05) is 0 Å². The van der Waals surface area contributed by atoms with Crippen LogP contribution in [0.25, 0.3) is 0 Å². The third kappa shape index (κ3) is 3.52. The van der Waals surface area contributed by atoms with Crippen molar-refractivity contribution < 1.29 is 18.3 Å². The first-order valence-electron chi connectivity index (χ1n) is 4.87. The molecular formula is C10H11F3N4O. The fourth-order valence-corrected chi connectivity index (χ4v) is 1.12. The summed E-state index contributed by atoms with van der Waals surface area (Å²) >= 11 is 0. The number of aliphatic hydroxyl groups is 1. The van der Waals surface area contributed by atoms with Crippen molar-refractivity contribution in [1.82, 2.24) is 4.98 Å². The van der Waals surface area contributed by atoms with Crippen molar-refractivity contribution in [2.75, 3.05) is 11.9 Å². The molecule has 18 heavy (non-hydrogen) atoms. The predicted octanol–water partition coefficient (Wildman–Crippen LogP) is 2.77. The van der Waals surface area contributed by atoms with E-state index in [1.807, 2.05) is 0 Å². The summed E-state index contributed by atoms with van der Waals surface area (Å²) in [4.78, 5) is 3.25. The van der Waals surface area contributed by atoms with Crippen molar-refractivity contribution in [2.45, 2.75) is 13.1 Å². The Hall–Kier alpha value is -1.96. The Labute approximate surface area is 101 Å². The molecule has 0 radical (unpaired) electrons. The van der Waals surface area contributed by atoms with Crippen LogP contribution in [0.4, 0.5) is 18.9 Å².